The van der Waals surface area contributed by atoms with E-state index >= 15 is 0 Å². The second-order valence-corrected chi connectivity index (χ2v) is 3.84. The molecule has 0 amide bonds. The fourth-order valence-electron chi connectivity index (χ4n) is 1.73. The maximum atomic E-state index is 9.52. The summed E-state index contributed by atoms with van der Waals surface area (Å²) in [5, 5.41) is 30.6. The third kappa shape index (κ3) is 2.44. The van der Waals surface area contributed by atoms with Gasteiger partial charge in [-0.2, -0.15) is 0 Å². The average molecular weight is 225 g/mol. The van der Waals surface area contributed by atoms with Crippen molar-refractivity contribution in [2.45, 2.75) is 24.9 Å². The molecule has 1 aliphatic rings. The van der Waals surface area contributed by atoms with E-state index in [2.05, 4.69) is 5.32 Å². The molecule has 5 nitrogen and oxygen atoms in total. The minimum Gasteiger partial charge on any atom is -0.508 e. The summed E-state index contributed by atoms with van der Waals surface area (Å²) in [6, 6.07) is 6.57. The van der Waals surface area contributed by atoms with E-state index in [4.69, 9.17) is 14.9 Å². The minimum absolute atomic E-state index is 0.186. The van der Waals surface area contributed by atoms with Crippen LogP contribution in [0, 0.1) is 0 Å². The Morgan fingerprint density at radius 3 is 2.56 bits per heavy atom. The molecule has 0 spiro atoms. The molecule has 88 valence electrons. The second kappa shape index (κ2) is 4.69. The summed E-state index contributed by atoms with van der Waals surface area (Å²) in [4.78, 5) is 0. The van der Waals surface area contributed by atoms with Gasteiger partial charge in [0, 0.05) is 12.1 Å². The van der Waals surface area contributed by atoms with Gasteiger partial charge in [-0.25, -0.2) is 0 Å². The van der Waals surface area contributed by atoms with Crippen molar-refractivity contribution in [3.63, 3.8) is 0 Å². The van der Waals surface area contributed by atoms with Gasteiger partial charge in [0.1, 0.15) is 18.1 Å². The Balaban J connectivity index is 1.94. The lowest BCUT2D eigenvalue weighted by Gasteiger charge is -2.14. The summed E-state index contributed by atoms with van der Waals surface area (Å²) >= 11 is 0. The van der Waals surface area contributed by atoms with Crippen LogP contribution >= 0.6 is 0 Å². The van der Waals surface area contributed by atoms with E-state index < -0.39 is 12.2 Å². The molecule has 1 heterocycles. The molecular weight excluding hydrogens is 210 g/mol. The highest BCUT2D eigenvalue weighted by molar-refractivity contribution is 5.46. The van der Waals surface area contributed by atoms with Gasteiger partial charge in [-0.1, -0.05) is 0 Å². The summed E-state index contributed by atoms with van der Waals surface area (Å²) in [6.07, 6.45) is -1.03. The van der Waals surface area contributed by atoms with Crippen LogP contribution in [0.2, 0.25) is 0 Å². The smallest absolute Gasteiger partial charge is 0.130 e. The van der Waals surface area contributed by atoms with Gasteiger partial charge in [-0.05, 0) is 24.3 Å². The van der Waals surface area contributed by atoms with Crippen molar-refractivity contribution < 1.29 is 20.1 Å². The van der Waals surface area contributed by atoms with Crippen molar-refractivity contribution >= 4 is 5.69 Å². The van der Waals surface area contributed by atoms with Crippen molar-refractivity contribution in [2.75, 3.05) is 11.9 Å². The first-order valence-corrected chi connectivity index (χ1v) is 5.19. The molecule has 3 atom stereocenters. The van der Waals surface area contributed by atoms with E-state index in [1.807, 2.05) is 0 Å². The number of ether oxygens (including phenoxy) is 1. The summed E-state index contributed by atoms with van der Waals surface area (Å²) in [5.41, 5.74) is 0.800. The molecule has 1 saturated heterocycles. The Bertz CT molecular complexity index is 340. The lowest BCUT2D eigenvalue weighted by Crippen LogP contribution is -2.25. The van der Waals surface area contributed by atoms with Gasteiger partial charge in [0.15, 0.2) is 0 Å². The number of nitrogens with one attached hydrogen (secondary N) is 1. The molecule has 1 fully saturated rings. The molecule has 5 heteroatoms. The monoisotopic (exact) mass is 225 g/mol. The SMILES string of the molecule is OC[C@H]1O[C@H](Nc2ccc(O)cc2)C[C@@H]1O. The number of aromatic hydroxyl groups is 1. The van der Waals surface area contributed by atoms with Gasteiger partial charge < -0.3 is 25.4 Å². The number of phenols is 1. The third-order valence-electron chi connectivity index (χ3n) is 2.60. The molecule has 4 N–H and O–H groups in total. The molecule has 0 radical (unpaired) electrons. The molecule has 1 aliphatic heterocycles. The first kappa shape index (κ1) is 11.2. The van der Waals surface area contributed by atoms with Gasteiger partial charge in [0.2, 0.25) is 0 Å². The molecule has 0 unspecified atom stereocenters. The van der Waals surface area contributed by atoms with Crippen molar-refractivity contribution in [1.29, 1.82) is 0 Å². The fraction of sp³-hybridized carbons (Fsp3) is 0.455. The summed E-state index contributed by atoms with van der Waals surface area (Å²) in [6.45, 7) is -0.186. The van der Waals surface area contributed by atoms with Gasteiger partial charge in [-0.3, -0.25) is 0 Å². The topological polar surface area (TPSA) is 82.0 Å². The highest BCUT2D eigenvalue weighted by Gasteiger charge is 2.33. The Kier molecular flexibility index (Phi) is 3.28. The van der Waals surface area contributed by atoms with Crippen molar-refractivity contribution in [1.82, 2.24) is 0 Å². The zero-order chi connectivity index (χ0) is 11.5. The largest absolute Gasteiger partial charge is 0.508 e. The van der Waals surface area contributed by atoms with Crippen LogP contribution in [0.15, 0.2) is 24.3 Å². The Hall–Kier alpha value is -1.30. The summed E-state index contributed by atoms with van der Waals surface area (Å²) in [5.74, 6) is 0.200. The number of phenolic OH excluding ortho intramolecular Hbond substituents is 1. The quantitative estimate of drug-likeness (QED) is 0.555. The van der Waals surface area contributed by atoms with E-state index in [1.165, 1.54) is 0 Å². The molecule has 2 rings (SSSR count). The zero-order valence-corrected chi connectivity index (χ0v) is 8.71. The Labute approximate surface area is 93.3 Å². The van der Waals surface area contributed by atoms with Crippen LogP contribution in [-0.2, 0) is 4.74 Å². The molecular formula is C11H15NO4. The van der Waals surface area contributed by atoms with Crippen LogP contribution in [0.3, 0.4) is 0 Å². The number of aliphatic hydroxyl groups is 2. The highest BCUT2D eigenvalue weighted by Crippen LogP contribution is 2.23. The predicted molar refractivity (Wildman–Crippen MR) is 58.1 cm³/mol. The normalized spacial score (nSPS) is 29.2. The molecule has 16 heavy (non-hydrogen) atoms. The van der Waals surface area contributed by atoms with E-state index in [0.717, 1.165) is 5.69 Å². The van der Waals surface area contributed by atoms with Gasteiger partial charge in [0.25, 0.3) is 0 Å². The van der Waals surface area contributed by atoms with E-state index in [-0.39, 0.29) is 18.6 Å². The fourth-order valence-corrected chi connectivity index (χ4v) is 1.73. The van der Waals surface area contributed by atoms with Crippen molar-refractivity contribution in [2.24, 2.45) is 0 Å². The first-order valence-electron chi connectivity index (χ1n) is 5.19. The lowest BCUT2D eigenvalue weighted by atomic mass is 10.2. The molecule has 0 aliphatic carbocycles. The third-order valence-corrected chi connectivity index (χ3v) is 2.60. The summed E-state index contributed by atoms with van der Waals surface area (Å²) in [7, 11) is 0. The molecule has 0 saturated carbocycles. The van der Waals surface area contributed by atoms with Crippen LogP contribution in [0.1, 0.15) is 6.42 Å². The average Bonchev–Trinajstić information content (AvgIpc) is 2.62. The molecule has 1 aromatic rings. The van der Waals surface area contributed by atoms with Crippen molar-refractivity contribution in [3.05, 3.63) is 24.3 Å². The molecule has 1 aromatic carbocycles. The number of anilines is 1. The van der Waals surface area contributed by atoms with E-state index in [9.17, 15) is 5.11 Å². The van der Waals surface area contributed by atoms with Crippen LogP contribution in [0.5, 0.6) is 5.75 Å². The Morgan fingerprint density at radius 2 is 2.00 bits per heavy atom. The maximum absolute atomic E-state index is 9.52. The lowest BCUT2D eigenvalue weighted by molar-refractivity contribution is -0.0149. The van der Waals surface area contributed by atoms with Crippen LogP contribution in [-0.4, -0.2) is 40.4 Å². The van der Waals surface area contributed by atoms with E-state index in [0.29, 0.717) is 6.42 Å². The molecule has 0 aromatic heterocycles. The first-order chi connectivity index (χ1) is 7.69. The van der Waals surface area contributed by atoms with Gasteiger partial charge >= 0.3 is 0 Å². The van der Waals surface area contributed by atoms with Crippen LogP contribution in [0.4, 0.5) is 5.69 Å². The number of aliphatic hydroxyl groups excluding tert-OH is 2. The number of hydrogen-bond acceptors (Lipinski definition) is 5. The number of rotatable bonds is 3. The van der Waals surface area contributed by atoms with Gasteiger partial charge in [0.05, 0.1) is 12.7 Å². The number of benzene rings is 1. The maximum Gasteiger partial charge on any atom is 0.130 e. The van der Waals surface area contributed by atoms with E-state index in [1.54, 1.807) is 24.3 Å². The highest BCUT2D eigenvalue weighted by atomic mass is 16.5. The summed E-state index contributed by atoms with van der Waals surface area (Å²) < 4.78 is 5.38. The Morgan fingerprint density at radius 1 is 1.31 bits per heavy atom. The second-order valence-electron chi connectivity index (χ2n) is 3.84. The molecule has 0 bridgehead atoms. The van der Waals surface area contributed by atoms with Crippen molar-refractivity contribution in [3.8, 4) is 5.75 Å². The minimum atomic E-state index is -0.639. The predicted octanol–water partition coefficient (Wildman–Crippen LogP) is 0.272. The zero-order valence-electron chi connectivity index (χ0n) is 8.71. The van der Waals surface area contributed by atoms with Gasteiger partial charge in [-0.15, -0.1) is 0 Å². The van der Waals surface area contributed by atoms with Crippen LogP contribution < -0.4 is 5.32 Å². The van der Waals surface area contributed by atoms with Crippen LogP contribution in [0.25, 0.3) is 0 Å². The number of hydrogen-bond donors (Lipinski definition) is 4. The standard InChI is InChI=1S/C11H15NO4/c13-6-10-9(15)5-11(16-10)12-7-1-3-8(14)4-2-7/h1-4,9-15H,5-6H2/t9-,10+,11-/m0/s1.